The molecule has 1 N–H and O–H groups in total. The number of aromatic nitrogens is 1. The molecule has 0 unspecified atom stereocenters. The second kappa shape index (κ2) is 9.83. The monoisotopic (exact) mass is 468 g/mol. The molecule has 0 radical (unpaired) electrons. The molecular formula is C26H32N2O6. The number of rotatable bonds is 5. The summed E-state index contributed by atoms with van der Waals surface area (Å²) in [6.45, 7) is 9.15. The smallest absolute Gasteiger partial charge is 0.410 e. The van der Waals surface area contributed by atoms with E-state index < -0.39 is 29.2 Å². The van der Waals surface area contributed by atoms with Crippen LogP contribution in [-0.4, -0.2) is 51.7 Å². The van der Waals surface area contributed by atoms with E-state index >= 15 is 0 Å². The summed E-state index contributed by atoms with van der Waals surface area (Å²) in [5.74, 6) is -1.29. The van der Waals surface area contributed by atoms with Crippen LogP contribution in [0.3, 0.4) is 0 Å². The molecular weight excluding hydrogens is 436 g/mol. The normalized spacial score (nSPS) is 16.9. The highest BCUT2D eigenvalue weighted by molar-refractivity contribution is 5.83. The van der Waals surface area contributed by atoms with Gasteiger partial charge in [-0.15, -0.1) is 0 Å². The third kappa shape index (κ3) is 6.12. The number of carbonyl (C=O) groups excluding carboxylic acids is 2. The van der Waals surface area contributed by atoms with Gasteiger partial charge < -0.3 is 19.5 Å². The summed E-state index contributed by atoms with van der Waals surface area (Å²) in [6, 6.07) is 9.43. The fourth-order valence-corrected chi connectivity index (χ4v) is 3.91. The molecule has 1 aromatic heterocycles. The number of carboxylic acid groups (broad SMARTS) is 1. The maximum atomic E-state index is 12.3. The minimum atomic E-state index is -1.06. The molecule has 2 aromatic rings. The molecule has 182 valence electrons. The Morgan fingerprint density at radius 3 is 2.38 bits per heavy atom. The van der Waals surface area contributed by atoms with Gasteiger partial charge in [0.15, 0.2) is 0 Å². The van der Waals surface area contributed by atoms with Crippen LogP contribution in [0.25, 0.3) is 17.0 Å². The maximum absolute atomic E-state index is 12.3. The van der Waals surface area contributed by atoms with Crippen LogP contribution in [0.5, 0.6) is 0 Å². The first kappa shape index (κ1) is 25.2. The van der Waals surface area contributed by atoms with Crippen molar-refractivity contribution in [3.05, 3.63) is 47.7 Å². The van der Waals surface area contributed by atoms with E-state index in [9.17, 15) is 19.5 Å². The highest BCUT2D eigenvalue weighted by atomic mass is 16.6. The lowest BCUT2D eigenvalue weighted by atomic mass is 9.78. The van der Waals surface area contributed by atoms with Crippen LogP contribution in [0.2, 0.25) is 0 Å². The zero-order chi connectivity index (χ0) is 25.1. The second-order valence-electron chi connectivity index (χ2n) is 9.70. The minimum absolute atomic E-state index is 0.300. The molecule has 1 aliphatic rings. The lowest BCUT2D eigenvalue weighted by Crippen LogP contribution is -2.47. The number of benzene rings is 1. The summed E-state index contributed by atoms with van der Waals surface area (Å²) in [5, 5.41) is 10.9. The van der Waals surface area contributed by atoms with Gasteiger partial charge in [0.05, 0.1) is 16.6 Å². The van der Waals surface area contributed by atoms with Crippen LogP contribution < -0.4 is 0 Å². The van der Waals surface area contributed by atoms with Gasteiger partial charge in [-0.3, -0.25) is 9.59 Å². The maximum Gasteiger partial charge on any atom is 0.410 e. The molecule has 34 heavy (non-hydrogen) atoms. The van der Waals surface area contributed by atoms with Crippen molar-refractivity contribution < 1.29 is 29.0 Å². The molecule has 8 heteroatoms. The van der Waals surface area contributed by atoms with Gasteiger partial charge in [-0.25, -0.2) is 9.78 Å². The Labute approximate surface area is 199 Å². The lowest BCUT2D eigenvalue weighted by molar-refractivity contribution is -0.148. The third-order valence-corrected chi connectivity index (χ3v) is 5.83. The predicted octanol–water partition coefficient (Wildman–Crippen LogP) is 4.97. The number of pyridine rings is 1. The molecule has 3 rings (SSSR count). The van der Waals surface area contributed by atoms with E-state index in [2.05, 4.69) is 4.98 Å². The van der Waals surface area contributed by atoms with Gasteiger partial charge in [-0.1, -0.05) is 30.4 Å². The summed E-state index contributed by atoms with van der Waals surface area (Å²) in [4.78, 5) is 41.9. The van der Waals surface area contributed by atoms with Crippen LogP contribution in [-0.2, 0) is 19.1 Å². The topological polar surface area (TPSA) is 106 Å². The summed E-state index contributed by atoms with van der Waals surface area (Å²) < 4.78 is 10.6. The van der Waals surface area contributed by atoms with Crippen molar-refractivity contribution in [1.82, 2.24) is 9.88 Å². The lowest BCUT2D eigenvalue weighted by Gasteiger charge is -2.37. The van der Waals surface area contributed by atoms with Crippen molar-refractivity contribution >= 4 is 35.0 Å². The molecule has 1 amide bonds. The van der Waals surface area contributed by atoms with Crippen molar-refractivity contribution in [2.45, 2.75) is 59.2 Å². The molecule has 1 atom stereocenters. The number of hydrogen-bond acceptors (Lipinski definition) is 6. The van der Waals surface area contributed by atoms with Gasteiger partial charge in [0.1, 0.15) is 11.7 Å². The number of carbonyl (C=O) groups is 3. The minimum Gasteiger partial charge on any atom is -0.481 e. The zero-order valence-corrected chi connectivity index (χ0v) is 20.3. The highest BCUT2D eigenvalue weighted by Gasteiger charge is 2.41. The number of piperidine rings is 1. The van der Waals surface area contributed by atoms with E-state index in [1.54, 1.807) is 44.7 Å². The number of amides is 1. The summed E-state index contributed by atoms with van der Waals surface area (Å²) in [7, 11) is 0. The van der Waals surface area contributed by atoms with E-state index in [1.165, 1.54) is 6.92 Å². The molecule has 1 aliphatic heterocycles. The van der Waals surface area contributed by atoms with Gasteiger partial charge >= 0.3 is 18.0 Å². The van der Waals surface area contributed by atoms with Crippen molar-refractivity contribution in [2.24, 2.45) is 5.41 Å². The molecule has 1 aromatic carbocycles. The number of esters is 1. The standard InChI is InChI=1S/C26H32N2O6/c1-17(33-18(2)29)21-9-8-20-7-6-19(16-22(20)27-21)10-11-26(23(30)31)12-14-28(15-13-26)24(32)34-25(3,4)5/h6-11,16-17H,12-15H2,1-5H3,(H,30,31)/b11-10+/t17-/m1/s1. The Hall–Kier alpha value is -3.42. The number of hydrogen-bond donors (Lipinski definition) is 1. The number of likely N-dealkylation sites (tertiary alicyclic amines) is 1. The molecule has 0 spiro atoms. The van der Waals surface area contributed by atoms with E-state index in [4.69, 9.17) is 9.47 Å². The number of fused-ring (bicyclic) bond motifs is 1. The van der Waals surface area contributed by atoms with Gasteiger partial charge in [0.2, 0.25) is 0 Å². The SMILES string of the molecule is CC(=O)O[C@H](C)c1ccc2ccc(/C=C/C3(C(=O)O)CCN(C(=O)OC(C)(C)C)CC3)cc2n1. The first-order valence-electron chi connectivity index (χ1n) is 11.4. The quantitative estimate of drug-likeness (QED) is 0.617. The first-order valence-corrected chi connectivity index (χ1v) is 11.4. The number of nitrogens with zero attached hydrogens (tertiary/aromatic N) is 2. The third-order valence-electron chi connectivity index (χ3n) is 5.83. The van der Waals surface area contributed by atoms with Gasteiger partial charge in [0, 0.05) is 25.4 Å². The highest BCUT2D eigenvalue weighted by Crippen LogP contribution is 2.35. The zero-order valence-electron chi connectivity index (χ0n) is 20.3. The van der Waals surface area contributed by atoms with Crippen LogP contribution in [0.4, 0.5) is 4.79 Å². The largest absolute Gasteiger partial charge is 0.481 e. The van der Waals surface area contributed by atoms with Gasteiger partial charge in [-0.05, 0) is 58.2 Å². The Kier molecular flexibility index (Phi) is 7.29. The van der Waals surface area contributed by atoms with Gasteiger partial charge in [0.25, 0.3) is 0 Å². The second-order valence-corrected chi connectivity index (χ2v) is 9.70. The van der Waals surface area contributed by atoms with Crippen molar-refractivity contribution in [1.29, 1.82) is 0 Å². The van der Waals surface area contributed by atoms with Crippen molar-refractivity contribution in [3.8, 4) is 0 Å². The average molecular weight is 469 g/mol. The number of carboxylic acids is 1. The van der Waals surface area contributed by atoms with Crippen molar-refractivity contribution in [2.75, 3.05) is 13.1 Å². The van der Waals surface area contributed by atoms with E-state index in [0.29, 0.717) is 31.6 Å². The van der Waals surface area contributed by atoms with Crippen LogP contribution in [0.15, 0.2) is 36.4 Å². The van der Waals surface area contributed by atoms with E-state index in [1.807, 2.05) is 30.3 Å². The fraction of sp³-hybridized carbons (Fsp3) is 0.462. The molecule has 0 aliphatic carbocycles. The van der Waals surface area contributed by atoms with Crippen LogP contribution in [0, 0.1) is 5.41 Å². The summed E-state index contributed by atoms with van der Waals surface area (Å²) >= 11 is 0. The summed E-state index contributed by atoms with van der Waals surface area (Å²) in [5.41, 5.74) is 0.515. The Bertz CT molecular complexity index is 1110. The Balaban J connectivity index is 1.77. The Morgan fingerprint density at radius 1 is 1.15 bits per heavy atom. The molecule has 8 nitrogen and oxygen atoms in total. The molecule has 2 heterocycles. The van der Waals surface area contributed by atoms with E-state index in [0.717, 1.165) is 16.5 Å². The Morgan fingerprint density at radius 2 is 1.79 bits per heavy atom. The van der Waals surface area contributed by atoms with Crippen LogP contribution in [0.1, 0.15) is 64.8 Å². The average Bonchev–Trinajstić information content (AvgIpc) is 2.75. The van der Waals surface area contributed by atoms with Crippen molar-refractivity contribution in [3.63, 3.8) is 0 Å². The fourth-order valence-electron chi connectivity index (χ4n) is 3.91. The summed E-state index contributed by atoms with van der Waals surface area (Å²) in [6.07, 6.45) is 3.22. The van der Waals surface area contributed by atoms with E-state index in [-0.39, 0.29) is 5.97 Å². The van der Waals surface area contributed by atoms with Crippen LogP contribution >= 0.6 is 0 Å². The molecule has 0 saturated carbocycles. The molecule has 0 bridgehead atoms. The molecule has 1 fully saturated rings. The number of aliphatic carboxylic acids is 1. The van der Waals surface area contributed by atoms with Gasteiger partial charge in [-0.2, -0.15) is 0 Å². The number of ether oxygens (including phenoxy) is 2. The molecule has 1 saturated heterocycles. The predicted molar refractivity (Wildman–Crippen MR) is 128 cm³/mol. The first-order chi connectivity index (χ1) is 15.9.